The number of amides is 2. The van der Waals surface area contributed by atoms with Gasteiger partial charge in [-0.25, -0.2) is 8.42 Å². The van der Waals surface area contributed by atoms with Gasteiger partial charge in [0.05, 0.1) is 10.6 Å². The van der Waals surface area contributed by atoms with E-state index in [-0.39, 0.29) is 23.3 Å². The number of halogens is 2. The van der Waals surface area contributed by atoms with Crippen molar-refractivity contribution in [3.63, 3.8) is 0 Å². The standard InChI is InChI=1S/C31H37Cl2N3O4S/c1-6-29(31(38)34-18-21(2)3)35(19-24-13-14-25(32)17-28(24)33)30(37)20-36(26-15-12-22(4)23(5)16-26)41(39,40)27-10-8-7-9-11-27/h7-17,21,29H,6,18-20H2,1-5H3,(H,34,38)/t29-/m0/s1. The summed E-state index contributed by atoms with van der Waals surface area (Å²) in [5.41, 5.74) is 2.81. The maximum Gasteiger partial charge on any atom is 0.264 e. The summed E-state index contributed by atoms with van der Waals surface area (Å²) in [7, 11) is -4.13. The summed E-state index contributed by atoms with van der Waals surface area (Å²) in [5.74, 6) is -0.647. The molecular weight excluding hydrogens is 581 g/mol. The lowest BCUT2D eigenvalue weighted by atomic mass is 10.1. The molecule has 7 nitrogen and oxygen atoms in total. The summed E-state index contributed by atoms with van der Waals surface area (Å²) in [4.78, 5) is 28.9. The smallest absolute Gasteiger partial charge is 0.264 e. The average Bonchev–Trinajstić information content (AvgIpc) is 2.93. The van der Waals surface area contributed by atoms with E-state index in [1.54, 1.807) is 48.5 Å². The summed E-state index contributed by atoms with van der Waals surface area (Å²) in [5, 5.41) is 3.70. The second kappa shape index (κ2) is 14.2. The van der Waals surface area contributed by atoms with Crippen LogP contribution in [0, 0.1) is 19.8 Å². The molecule has 0 saturated heterocycles. The molecule has 1 atom stereocenters. The largest absolute Gasteiger partial charge is 0.354 e. The summed E-state index contributed by atoms with van der Waals surface area (Å²) >= 11 is 12.6. The molecule has 0 fully saturated rings. The maximum atomic E-state index is 14.2. The van der Waals surface area contributed by atoms with Gasteiger partial charge in [0.1, 0.15) is 12.6 Å². The third-order valence-corrected chi connectivity index (χ3v) is 9.19. The molecule has 2 amide bonds. The number of hydrogen-bond donors (Lipinski definition) is 1. The zero-order valence-electron chi connectivity index (χ0n) is 24.0. The van der Waals surface area contributed by atoms with Crippen molar-refractivity contribution in [2.24, 2.45) is 5.92 Å². The normalized spacial score (nSPS) is 12.2. The molecule has 1 N–H and O–H groups in total. The number of rotatable bonds is 12. The SMILES string of the molecule is CC[C@@H](C(=O)NCC(C)C)N(Cc1ccc(Cl)cc1Cl)C(=O)CN(c1ccc(C)c(C)c1)S(=O)(=O)c1ccccc1. The molecule has 3 aromatic carbocycles. The molecule has 0 unspecified atom stereocenters. The van der Waals surface area contributed by atoms with Gasteiger partial charge in [0, 0.05) is 23.1 Å². The summed E-state index contributed by atoms with van der Waals surface area (Å²) in [6.07, 6.45) is 0.315. The van der Waals surface area contributed by atoms with Crippen LogP contribution < -0.4 is 9.62 Å². The minimum Gasteiger partial charge on any atom is -0.354 e. The first-order valence-electron chi connectivity index (χ1n) is 13.5. The van der Waals surface area contributed by atoms with E-state index < -0.39 is 28.5 Å². The zero-order valence-corrected chi connectivity index (χ0v) is 26.4. The third kappa shape index (κ3) is 8.24. The van der Waals surface area contributed by atoms with Crippen LogP contribution in [0.15, 0.2) is 71.6 Å². The predicted octanol–water partition coefficient (Wildman–Crippen LogP) is 6.39. The van der Waals surface area contributed by atoms with Crippen LogP contribution in [0.4, 0.5) is 5.69 Å². The van der Waals surface area contributed by atoms with Crippen LogP contribution in [0.1, 0.15) is 43.9 Å². The molecule has 0 saturated carbocycles. The van der Waals surface area contributed by atoms with E-state index in [4.69, 9.17) is 23.2 Å². The lowest BCUT2D eigenvalue weighted by molar-refractivity contribution is -0.140. The van der Waals surface area contributed by atoms with Crippen LogP contribution in [-0.2, 0) is 26.2 Å². The van der Waals surface area contributed by atoms with Gasteiger partial charge in [0.2, 0.25) is 11.8 Å². The quantitative estimate of drug-likeness (QED) is 0.255. The number of benzene rings is 3. The second-order valence-electron chi connectivity index (χ2n) is 10.4. The van der Waals surface area contributed by atoms with Crippen molar-refractivity contribution in [1.82, 2.24) is 10.2 Å². The number of hydrogen-bond acceptors (Lipinski definition) is 4. The highest BCUT2D eigenvalue weighted by Gasteiger charge is 2.34. The van der Waals surface area contributed by atoms with Crippen molar-refractivity contribution in [1.29, 1.82) is 0 Å². The fourth-order valence-electron chi connectivity index (χ4n) is 4.30. The summed E-state index contributed by atoms with van der Waals surface area (Å²) < 4.78 is 29.0. The Balaban J connectivity index is 2.08. The van der Waals surface area contributed by atoms with Gasteiger partial charge >= 0.3 is 0 Å². The summed E-state index contributed by atoms with van der Waals surface area (Å²) in [6.45, 7) is 9.50. The Morgan fingerprint density at radius 3 is 2.20 bits per heavy atom. The molecule has 0 radical (unpaired) electrons. The van der Waals surface area contributed by atoms with Gasteiger partial charge < -0.3 is 10.2 Å². The molecule has 0 aromatic heterocycles. The topological polar surface area (TPSA) is 86.8 Å². The van der Waals surface area contributed by atoms with E-state index in [1.165, 1.54) is 17.0 Å². The van der Waals surface area contributed by atoms with E-state index in [0.29, 0.717) is 34.3 Å². The number of carbonyl (C=O) groups excluding carboxylic acids is 2. The molecule has 0 spiro atoms. The lowest BCUT2D eigenvalue weighted by Crippen LogP contribution is -2.52. The Kier molecular flexibility index (Phi) is 11.2. The first kappa shape index (κ1) is 32.4. The molecule has 0 aliphatic carbocycles. The van der Waals surface area contributed by atoms with E-state index in [1.807, 2.05) is 40.7 Å². The Morgan fingerprint density at radius 1 is 0.927 bits per heavy atom. The van der Waals surface area contributed by atoms with Crippen LogP contribution in [0.5, 0.6) is 0 Å². The highest BCUT2D eigenvalue weighted by atomic mass is 35.5. The lowest BCUT2D eigenvalue weighted by Gasteiger charge is -2.33. The van der Waals surface area contributed by atoms with Crippen molar-refractivity contribution in [3.8, 4) is 0 Å². The van der Waals surface area contributed by atoms with Crippen molar-refractivity contribution in [2.75, 3.05) is 17.4 Å². The molecular formula is C31H37Cl2N3O4S. The first-order valence-corrected chi connectivity index (χ1v) is 15.7. The van der Waals surface area contributed by atoms with E-state index in [9.17, 15) is 18.0 Å². The molecule has 41 heavy (non-hydrogen) atoms. The highest BCUT2D eigenvalue weighted by Crippen LogP contribution is 2.28. The number of sulfonamides is 1. The van der Waals surface area contributed by atoms with Gasteiger partial charge in [0.25, 0.3) is 10.0 Å². The Bertz CT molecular complexity index is 1480. The van der Waals surface area contributed by atoms with Crippen molar-refractivity contribution in [3.05, 3.63) is 93.5 Å². The van der Waals surface area contributed by atoms with Gasteiger partial charge in [-0.05, 0) is 79.3 Å². The average molecular weight is 619 g/mol. The molecule has 3 aromatic rings. The minimum atomic E-state index is -4.13. The fourth-order valence-corrected chi connectivity index (χ4v) is 6.20. The number of nitrogens with one attached hydrogen (secondary N) is 1. The monoisotopic (exact) mass is 617 g/mol. The van der Waals surface area contributed by atoms with Gasteiger partial charge in [-0.1, -0.05) is 74.3 Å². The fraction of sp³-hybridized carbons (Fsp3) is 0.355. The molecule has 10 heteroatoms. The van der Waals surface area contributed by atoms with Crippen LogP contribution in [-0.4, -0.2) is 44.3 Å². The van der Waals surface area contributed by atoms with Gasteiger partial charge in [-0.3, -0.25) is 13.9 Å². The Morgan fingerprint density at radius 2 is 1.61 bits per heavy atom. The van der Waals surface area contributed by atoms with Crippen molar-refractivity contribution < 1.29 is 18.0 Å². The number of nitrogens with zero attached hydrogens (tertiary/aromatic N) is 2. The first-order chi connectivity index (χ1) is 19.3. The minimum absolute atomic E-state index is 0.00537. The predicted molar refractivity (Wildman–Crippen MR) is 166 cm³/mol. The van der Waals surface area contributed by atoms with E-state index in [2.05, 4.69) is 5.32 Å². The number of anilines is 1. The van der Waals surface area contributed by atoms with Crippen LogP contribution in [0.2, 0.25) is 10.0 Å². The van der Waals surface area contributed by atoms with Crippen LogP contribution in [0.25, 0.3) is 0 Å². The number of carbonyl (C=O) groups is 2. The molecule has 3 rings (SSSR count). The summed E-state index contributed by atoms with van der Waals surface area (Å²) in [6, 6.07) is 17.3. The zero-order chi connectivity index (χ0) is 30.3. The maximum absolute atomic E-state index is 14.2. The Labute approximate surface area is 253 Å². The third-order valence-electron chi connectivity index (χ3n) is 6.81. The second-order valence-corrected chi connectivity index (χ2v) is 13.1. The van der Waals surface area contributed by atoms with Gasteiger partial charge in [0.15, 0.2) is 0 Å². The van der Waals surface area contributed by atoms with Crippen molar-refractivity contribution in [2.45, 2.75) is 58.5 Å². The van der Waals surface area contributed by atoms with Gasteiger partial charge in [-0.15, -0.1) is 0 Å². The Hall–Kier alpha value is -3.07. The molecule has 0 aliphatic heterocycles. The molecule has 0 bridgehead atoms. The van der Waals surface area contributed by atoms with Gasteiger partial charge in [-0.2, -0.15) is 0 Å². The molecule has 0 aliphatic rings. The van der Waals surface area contributed by atoms with Crippen LogP contribution >= 0.6 is 23.2 Å². The van der Waals surface area contributed by atoms with Crippen molar-refractivity contribution >= 4 is 50.7 Å². The molecule has 220 valence electrons. The van der Waals surface area contributed by atoms with E-state index >= 15 is 0 Å². The highest BCUT2D eigenvalue weighted by molar-refractivity contribution is 7.92. The number of aryl methyl sites for hydroxylation is 2. The van der Waals surface area contributed by atoms with E-state index in [0.717, 1.165) is 15.4 Å². The molecule has 0 heterocycles. The van der Waals surface area contributed by atoms with Crippen LogP contribution in [0.3, 0.4) is 0 Å².